The molecule has 2 aromatic carbocycles. The molecule has 4 rings (SSSR count). The highest BCUT2D eigenvalue weighted by molar-refractivity contribution is 6.03. The molecule has 2 unspecified atom stereocenters. The van der Waals surface area contributed by atoms with Gasteiger partial charge in [0.2, 0.25) is 0 Å². The Morgan fingerprint density at radius 2 is 1.91 bits per heavy atom. The van der Waals surface area contributed by atoms with Crippen LogP contribution in [0, 0.1) is 6.92 Å². The summed E-state index contributed by atoms with van der Waals surface area (Å²) < 4.78 is 45.4. The predicted molar refractivity (Wildman–Crippen MR) is 116 cm³/mol. The van der Waals surface area contributed by atoms with Gasteiger partial charge in [-0.05, 0) is 50.6 Å². The summed E-state index contributed by atoms with van der Waals surface area (Å²) in [5.74, 6) is 1.24. The molecule has 1 amide bonds. The van der Waals surface area contributed by atoms with E-state index in [1.807, 2.05) is 0 Å². The summed E-state index contributed by atoms with van der Waals surface area (Å²) in [6.07, 6.45) is -5.12. The molecule has 7 nitrogen and oxygen atoms in total. The Labute approximate surface area is 182 Å². The van der Waals surface area contributed by atoms with Crippen LogP contribution in [0.1, 0.15) is 36.8 Å². The molecule has 10 heteroatoms. The third-order valence-electron chi connectivity index (χ3n) is 5.39. The number of nitrogen functional groups attached to an aromatic ring is 1. The standard InChI is InChI=1S/C22H22F3N5O2/c1-10(13-5-14(22(23,24)25)7-15(26)6-13)27-20-16-8-18-19(9-17(16)28-12(3)29-20)32-11(2)21(31)30(18)4/h5-11H,26H2,1-4H3,(H,27,28,29). The van der Waals surface area contributed by atoms with Gasteiger partial charge in [-0.3, -0.25) is 4.79 Å². The topological polar surface area (TPSA) is 93.4 Å². The predicted octanol–water partition coefficient (Wildman–Crippen LogP) is 4.46. The summed E-state index contributed by atoms with van der Waals surface area (Å²) >= 11 is 0. The van der Waals surface area contributed by atoms with E-state index in [9.17, 15) is 18.0 Å². The number of nitrogens with zero attached hydrogens (tertiary/aromatic N) is 3. The van der Waals surface area contributed by atoms with Crippen LogP contribution >= 0.6 is 0 Å². The summed E-state index contributed by atoms with van der Waals surface area (Å²) in [5.41, 5.74) is 6.43. The highest BCUT2D eigenvalue weighted by atomic mass is 19.4. The molecule has 32 heavy (non-hydrogen) atoms. The number of nitrogens with one attached hydrogen (secondary N) is 1. The van der Waals surface area contributed by atoms with Crippen LogP contribution in [0.3, 0.4) is 0 Å². The lowest BCUT2D eigenvalue weighted by Crippen LogP contribution is -2.41. The smallest absolute Gasteiger partial charge is 0.416 e. The van der Waals surface area contributed by atoms with Gasteiger partial charge in [-0.1, -0.05) is 0 Å². The van der Waals surface area contributed by atoms with E-state index in [2.05, 4.69) is 15.3 Å². The Balaban J connectivity index is 1.77. The van der Waals surface area contributed by atoms with Crippen molar-refractivity contribution in [1.82, 2.24) is 9.97 Å². The number of aromatic nitrogens is 2. The zero-order valence-electron chi connectivity index (χ0n) is 17.9. The molecule has 3 aromatic rings. The van der Waals surface area contributed by atoms with Gasteiger partial charge in [0.25, 0.3) is 5.91 Å². The van der Waals surface area contributed by atoms with Gasteiger partial charge in [0, 0.05) is 24.2 Å². The van der Waals surface area contributed by atoms with Gasteiger partial charge >= 0.3 is 6.18 Å². The monoisotopic (exact) mass is 445 g/mol. The first-order chi connectivity index (χ1) is 14.9. The third kappa shape index (κ3) is 3.88. The molecule has 1 aliphatic rings. The van der Waals surface area contributed by atoms with Crippen molar-refractivity contribution < 1.29 is 22.7 Å². The average molecular weight is 445 g/mol. The van der Waals surface area contributed by atoms with Gasteiger partial charge < -0.3 is 20.7 Å². The Morgan fingerprint density at radius 3 is 2.59 bits per heavy atom. The first-order valence-electron chi connectivity index (χ1n) is 9.95. The van der Waals surface area contributed by atoms with Crippen molar-refractivity contribution in [2.75, 3.05) is 23.0 Å². The summed E-state index contributed by atoms with van der Waals surface area (Å²) in [4.78, 5) is 22.7. The number of fused-ring (bicyclic) bond motifs is 2. The highest BCUT2D eigenvalue weighted by Gasteiger charge is 2.32. The maximum Gasteiger partial charge on any atom is 0.416 e. The number of hydrogen-bond acceptors (Lipinski definition) is 6. The molecular formula is C22H22F3N5O2. The second kappa shape index (κ2) is 7.54. The summed E-state index contributed by atoms with van der Waals surface area (Å²) in [6, 6.07) is 6.39. The molecule has 0 saturated carbocycles. The third-order valence-corrected chi connectivity index (χ3v) is 5.39. The SMILES string of the molecule is Cc1nc(NC(C)c2cc(N)cc(C(F)(F)F)c2)c2cc3c(cc2n1)OC(C)C(=O)N3C. The number of carbonyl (C=O) groups excluding carboxylic acids is 1. The van der Waals surface area contributed by atoms with Crippen molar-refractivity contribution in [2.45, 2.75) is 39.1 Å². The Hall–Kier alpha value is -3.56. The van der Waals surface area contributed by atoms with Crippen LogP contribution in [0.2, 0.25) is 0 Å². The number of amides is 1. The molecule has 0 spiro atoms. The van der Waals surface area contributed by atoms with E-state index in [0.717, 1.165) is 12.1 Å². The summed E-state index contributed by atoms with van der Waals surface area (Å²) in [5, 5.41) is 3.78. The average Bonchev–Trinajstić information content (AvgIpc) is 2.70. The molecule has 0 aliphatic carbocycles. The van der Waals surface area contributed by atoms with Gasteiger partial charge in [0.15, 0.2) is 6.10 Å². The molecule has 0 bridgehead atoms. The van der Waals surface area contributed by atoms with Crippen molar-refractivity contribution in [1.29, 1.82) is 0 Å². The van der Waals surface area contributed by atoms with E-state index in [4.69, 9.17) is 10.5 Å². The first kappa shape index (κ1) is 21.7. The lowest BCUT2D eigenvalue weighted by atomic mass is 10.0. The van der Waals surface area contributed by atoms with Gasteiger partial charge in [0.1, 0.15) is 17.4 Å². The Kier molecular flexibility index (Phi) is 5.10. The molecular weight excluding hydrogens is 423 g/mol. The van der Waals surface area contributed by atoms with Gasteiger partial charge in [-0.15, -0.1) is 0 Å². The Bertz CT molecular complexity index is 1230. The first-order valence-corrected chi connectivity index (χ1v) is 9.95. The Morgan fingerprint density at radius 1 is 1.19 bits per heavy atom. The second-order valence-electron chi connectivity index (χ2n) is 7.87. The van der Waals surface area contributed by atoms with Gasteiger partial charge in [-0.25, -0.2) is 9.97 Å². The van der Waals surface area contributed by atoms with Crippen LogP contribution < -0.4 is 20.7 Å². The van der Waals surface area contributed by atoms with Crippen LogP contribution in [-0.4, -0.2) is 29.0 Å². The maximum absolute atomic E-state index is 13.2. The molecule has 3 N–H and O–H groups in total. The number of anilines is 3. The van der Waals surface area contributed by atoms with Crippen LogP contribution in [0.15, 0.2) is 30.3 Å². The second-order valence-corrected chi connectivity index (χ2v) is 7.87. The highest BCUT2D eigenvalue weighted by Crippen LogP contribution is 2.39. The number of benzene rings is 2. The van der Waals surface area contributed by atoms with Crippen LogP contribution in [0.4, 0.5) is 30.4 Å². The van der Waals surface area contributed by atoms with E-state index in [1.54, 1.807) is 40.0 Å². The summed E-state index contributed by atoms with van der Waals surface area (Å²) in [6.45, 7) is 5.11. The summed E-state index contributed by atoms with van der Waals surface area (Å²) in [7, 11) is 1.65. The maximum atomic E-state index is 13.2. The van der Waals surface area contributed by atoms with Crippen LogP contribution in [-0.2, 0) is 11.0 Å². The molecule has 1 aliphatic heterocycles. The zero-order valence-corrected chi connectivity index (χ0v) is 17.9. The van der Waals surface area contributed by atoms with Crippen molar-refractivity contribution >= 4 is 34.0 Å². The van der Waals surface area contributed by atoms with Crippen molar-refractivity contribution in [3.63, 3.8) is 0 Å². The number of alkyl halides is 3. The lowest BCUT2D eigenvalue weighted by molar-refractivity contribution is -0.137. The fraction of sp³-hybridized carbons (Fsp3) is 0.318. The minimum Gasteiger partial charge on any atom is -0.479 e. The van der Waals surface area contributed by atoms with E-state index < -0.39 is 23.9 Å². The fourth-order valence-electron chi connectivity index (χ4n) is 3.74. The van der Waals surface area contributed by atoms with Crippen molar-refractivity contribution in [3.8, 4) is 5.75 Å². The molecule has 168 valence electrons. The molecule has 2 heterocycles. The van der Waals surface area contributed by atoms with Gasteiger partial charge in [-0.2, -0.15) is 13.2 Å². The van der Waals surface area contributed by atoms with Crippen LogP contribution in [0.25, 0.3) is 10.9 Å². The minimum atomic E-state index is -4.50. The van der Waals surface area contributed by atoms with Gasteiger partial charge in [0.05, 0.1) is 22.8 Å². The normalized spacial score (nSPS) is 17.2. The number of halogens is 3. The number of carbonyl (C=O) groups is 1. The number of aryl methyl sites for hydroxylation is 1. The van der Waals surface area contributed by atoms with E-state index >= 15 is 0 Å². The number of rotatable bonds is 3. The van der Waals surface area contributed by atoms with Crippen molar-refractivity contribution in [2.24, 2.45) is 0 Å². The van der Waals surface area contributed by atoms with E-state index in [-0.39, 0.29) is 11.6 Å². The molecule has 0 saturated heterocycles. The van der Waals surface area contributed by atoms with E-state index in [0.29, 0.717) is 39.5 Å². The number of ether oxygens (including phenoxy) is 1. The number of nitrogens with two attached hydrogens (primary N) is 1. The largest absolute Gasteiger partial charge is 0.479 e. The molecule has 2 atom stereocenters. The van der Waals surface area contributed by atoms with E-state index in [1.165, 1.54) is 11.0 Å². The molecule has 0 fully saturated rings. The zero-order chi connectivity index (χ0) is 23.4. The fourth-order valence-corrected chi connectivity index (χ4v) is 3.74. The quantitative estimate of drug-likeness (QED) is 0.579. The van der Waals surface area contributed by atoms with Crippen molar-refractivity contribution in [3.05, 3.63) is 47.3 Å². The lowest BCUT2D eigenvalue weighted by Gasteiger charge is -2.30. The van der Waals surface area contributed by atoms with Crippen LogP contribution in [0.5, 0.6) is 5.75 Å². The number of likely N-dealkylation sites (N-methyl/N-ethyl adjacent to an activating group) is 1. The molecule has 1 aromatic heterocycles. The molecule has 0 radical (unpaired) electrons. The minimum absolute atomic E-state index is 0.0210. The number of hydrogen-bond donors (Lipinski definition) is 2.